The van der Waals surface area contributed by atoms with Crippen LogP contribution in [-0.2, 0) is 6.42 Å². The Morgan fingerprint density at radius 2 is 2.05 bits per heavy atom. The Balaban J connectivity index is 1.82. The first-order chi connectivity index (χ1) is 9.74. The topological polar surface area (TPSA) is 68.0 Å². The summed E-state index contributed by atoms with van der Waals surface area (Å²) in [5.41, 5.74) is 9.89. The summed E-state index contributed by atoms with van der Waals surface area (Å²) in [5.74, 6) is -0.0989. The third-order valence-electron chi connectivity index (χ3n) is 3.70. The minimum Gasteiger partial charge on any atom is -0.324 e. The molecule has 4 heteroatoms. The number of carbonyl (C=O) groups excluding carboxylic acids is 1. The Kier molecular flexibility index (Phi) is 3.48. The molecular weight excluding hydrogens is 250 g/mol. The Bertz CT molecular complexity index is 625. The molecule has 20 heavy (non-hydrogen) atoms. The van der Waals surface area contributed by atoms with Gasteiger partial charge in [0.15, 0.2) is 0 Å². The number of benzene rings is 1. The molecule has 1 heterocycles. The molecule has 0 saturated carbocycles. The SMILES string of the molecule is N[C@H]1CCCc2cc(C(=O)Nc3ccncc3)ccc21. The van der Waals surface area contributed by atoms with E-state index in [1.54, 1.807) is 24.5 Å². The number of nitrogens with two attached hydrogens (primary N) is 1. The van der Waals surface area contributed by atoms with E-state index in [1.807, 2.05) is 18.2 Å². The fourth-order valence-electron chi connectivity index (χ4n) is 2.63. The molecule has 0 aliphatic heterocycles. The van der Waals surface area contributed by atoms with E-state index >= 15 is 0 Å². The van der Waals surface area contributed by atoms with Gasteiger partial charge in [0, 0.05) is 29.7 Å². The molecule has 1 aliphatic rings. The highest BCUT2D eigenvalue weighted by atomic mass is 16.1. The van der Waals surface area contributed by atoms with Gasteiger partial charge in [-0.25, -0.2) is 0 Å². The van der Waals surface area contributed by atoms with E-state index in [1.165, 1.54) is 11.1 Å². The maximum atomic E-state index is 12.2. The molecule has 0 bridgehead atoms. The van der Waals surface area contributed by atoms with Gasteiger partial charge in [-0.2, -0.15) is 0 Å². The highest BCUT2D eigenvalue weighted by Crippen LogP contribution is 2.28. The number of hydrogen-bond donors (Lipinski definition) is 2. The molecule has 1 amide bonds. The number of rotatable bonds is 2. The van der Waals surface area contributed by atoms with Crippen molar-refractivity contribution in [1.82, 2.24) is 4.98 Å². The van der Waals surface area contributed by atoms with Gasteiger partial charge in [-0.05, 0) is 54.7 Å². The standard InChI is InChI=1S/C16H17N3O/c17-15-3-1-2-11-10-12(4-5-14(11)15)16(20)19-13-6-8-18-9-7-13/h4-10,15H,1-3,17H2,(H,18,19,20)/t15-/m0/s1. The van der Waals surface area contributed by atoms with E-state index in [9.17, 15) is 4.79 Å². The lowest BCUT2D eigenvalue weighted by Crippen LogP contribution is -2.19. The molecule has 1 atom stereocenters. The van der Waals surface area contributed by atoms with Crippen LogP contribution in [0.15, 0.2) is 42.7 Å². The number of hydrogen-bond acceptors (Lipinski definition) is 3. The van der Waals surface area contributed by atoms with Crippen LogP contribution in [0.2, 0.25) is 0 Å². The number of fused-ring (bicyclic) bond motifs is 1. The summed E-state index contributed by atoms with van der Waals surface area (Å²) in [7, 11) is 0. The molecule has 1 aromatic heterocycles. The summed E-state index contributed by atoms with van der Waals surface area (Å²) in [6, 6.07) is 9.45. The van der Waals surface area contributed by atoms with Gasteiger partial charge >= 0.3 is 0 Å². The van der Waals surface area contributed by atoms with Gasteiger partial charge < -0.3 is 11.1 Å². The molecule has 0 fully saturated rings. The van der Waals surface area contributed by atoms with Crippen LogP contribution in [0.3, 0.4) is 0 Å². The molecule has 4 nitrogen and oxygen atoms in total. The molecule has 0 saturated heterocycles. The van der Waals surface area contributed by atoms with Gasteiger partial charge in [0.1, 0.15) is 0 Å². The number of carbonyl (C=O) groups is 1. The van der Waals surface area contributed by atoms with Crippen LogP contribution < -0.4 is 11.1 Å². The van der Waals surface area contributed by atoms with Crippen LogP contribution in [0, 0.1) is 0 Å². The van der Waals surface area contributed by atoms with Crippen molar-refractivity contribution in [3.63, 3.8) is 0 Å². The average Bonchev–Trinajstić information content (AvgIpc) is 2.48. The lowest BCUT2D eigenvalue weighted by atomic mass is 9.87. The Hall–Kier alpha value is -2.20. The largest absolute Gasteiger partial charge is 0.324 e. The van der Waals surface area contributed by atoms with Gasteiger partial charge in [0.2, 0.25) is 0 Å². The number of nitrogens with zero attached hydrogens (tertiary/aromatic N) is 1. The number of anilines is 1. The van der Waals surface area contributed by atoms with Crippen LogP contribution in [0.1, 0.15) is 40.4 Å². The minimum atomic E-state index is -0.0989. The Labute approximate surface area is 118 Å². The first-order valence-corrected chi connectivity index (χ1v) is 6.84. The van der Waals surface area contributed by atoms with Gasteiger partial charge in [-0.15, -0.1) is 0 Å². The van der Waals surface area contributed by atoms with Gasteiger partial charge in [-0.3, -0.25) is 9.78 Å². The average molecular weight is 267 g/mol. The highest BCUT2D eigenvalue weighted by molar-refractivity contribution is 6.04. The van der Waals surface area contributed by atoms with Crippen molar-refractivity contribution in [2.24, 2.45) is 5.73 Å². The smallest absolute Gasteiger partial charge is 0.255 e. The van der Waals surface area contributed by atoms with Crippen LogP contribution in [0.4, 0.5) is 5.69 Å². The lowest BCUT2D eigenvalue weighted by molar-refractivity contribution is 0.102. The monoisotopic (exact) mass is 267 g/mol. The van der Waals surface area contributed by atoms with Crippen molar-refractivity contribution in [3.05, 3.63) is 59.4 Å². The summed E-state index contributed by atoms with van der Waals surface area (Å²) >= 11 is 0. The normalized spacial score (nSPS) is 17.4. The summed E-state index contributed by atoms with van der Waals surface area (Å²) in [6.07, 6.45) is 6.42. The number of aromatic nitrogens is 1. The van der Waals surface area contributed by atoms with E-state index in [2.05, 4.69) is 10.3 Å². The molecule has 3 rings (SSSR count). The van der Waals surface area contributed by atoms with E-state index in [0.29, 0.717) is 5.56 Å². The second kappa shape index (κ2) is 5.43. The fraction of sp³-hybridized carbons (Fsp3) is 0.250. The predicted octanol–water partition coefficient (Wildman–Crippen LogP) is 2.67. The summed E-state index contributed by atoms with van der Waals surface area (Å²) in [6.45, 7) is 0. The summed E-state index contributed by atoms with van der Waals surface area (Å²) < 4.78 is 0. The molecule has 0 radical (unpaired) electrons. The predicted molar refractivity (Wildman–Crippen MR) is 78.5 cm³/mol. The number of aryl methyl sites for hydroxylation is 1. The van der Waals surface area contributed by atoms with Crippen molar-refractivity contribution in [3.8, 4) is 0 Å². The first-order valence-electron chi connectivity index (χ1n) is 6.84. The number of nitrogens with one attached hydrogen (secondary N) is 1. The van der Waals surface area contributed by atoms with Gasteiger partial charge in [0.05, 0.1) is 0 Å². The van der Waals surface area contributed by atoms with Gasteiger partial charge in [-0.1, -0.05) is 6.07 Å². The Morgan fingerprint density at radius 1 is 1.25 bits per heavy atom. The van der Waals surface area contributed by atoms with Gasteiger partial charge in [0.25, 0.3) is 5.91 Å². The van der Waals surface area contributed by atoms with E-state index in [4.69, 9.17) is 5.73 Å². The first kappa shape index (κ1) is 12.8. The van der Waals surface area contributed by atoms with E-state index in [-0.39, 0.29) is 11.9 Å². The van der Waals surface area contributed by atoms with Crippen molar-refractivity contribution >= 4 is 11.6 Å². The zero-order chi connectivity index (χ0) is 13.9. The molecule has 1 aliphatic carbocycles. The molecule has 1 aromatic carbocycles. The minimum absolute atomic E-state index is 0.0989. The fourth-order valence-corrected chi connectivity index (χ4v) is 2.63. The van der Waals surface area contributed by atoms with Crippen LogP contribution in [0.25, 0.3) is 0 Å². The quantitative estimate of drug-likeness (QED) is 0.879. The lowest BCUT2D eigenvalue weighted by Gasteiger charge is -2.22. The molecule has 0 unspecified atom stereocenters. The Morgan fingerprint density at radius 3 is 2.85 bits per heavy atom. The summed E-state index contributed by atoms with van der Waals surface area (Å²) in [4.78, 5) is 16.1. The third-order valence-corrected chi connectivity index (χ3v) is 3.70. The number of pyridine rings is 1. The maximum absolute atomic E-state index is 12.2. The van der Waals surface area contributed by atoms with Crippen molar-refractivity contribution in [1.29, 1.82) is 0 Å². The molecule has 2 aromatic rings. The van der Waals surface area contributed by atoms with Crippen molar-refractivity contribution < 1.29 is 4.79 Å². The van der Waals surface area contributed by atoms with E-state index < -0.39 is 0 Å². The van der Waals surface area contributed by atoms with Crippen LogP contribution in [0.5, 0.6) is 0 Å². The van der Waals surface area contributed by atoms with Crippen molar-refractivity contribution in [2.75, 3.05) is 5.32 Å². The zero-order valence-corrected chi connectivity index (χ0v) is 11.2. The van der Waals surface area contributed by atoms with Crippen molar-refractivity contribution in [2.45, 2.75) is 25.3 Å². The molecule has 3 N–H and O–H groups in total. The second-order valence-electron chi connectivity index (χ2n) is 5.10. The van der Waals surface area contributed by atoms with Crippen LogP contribution >= 0.6 is 0 Å². The highest BCUT2D eigenvalue weighted by Gasteiger charge is 2.18. The van der Waals surface area contributed by atoms with E-state index in [0.717, 1.165) is 24.9 Å². The molecular formula is C16H17N3O. The summed E-state index contributed by atoms with van der Waals surface area (Å²) in [5, 5.41) is 2.87. The maximum Gasteiger partial charge on any atom is 0.255 e. The van der Waals surface area contributed by atoms with Crippen LogP contribution in [-0.4, -0.2) is 10.9 Å². The molecule has 0 spiro atoms. The third kappa shape index (κ3) is 2.56. The second-order valence-corrected chi connectivity index (χ2v) is 5.10. The molecule has 102 valence electrons. The zero-order valence-electron chi connectivity index (χ0n) is 11.2. The number of amides is 1.